The van der Waals surface area contributed by atoms with E-state index < -0.39 is 11.6 Å². The Balaban J connectivity index is 2.33. The van der Waals surface area contributed by atoms with Gasteiger partial charge in [-0.2, -0.15) is 0 Å². The molecular formula is C13H12F2N2S. The van der Waals surface area contributed by atoms with Gasteiger partial charge in [0.2, 0.25) is 0 Å². The summed E-state index contributed by atoms with van der Waals surface area (Å²) in [4.78, 5) is 7.23. The topological polar surface area (TPSA) is 28.7 Å². The Bertz CT molecular complexity index is 623. The molecule has 94 valence electrons. The van der Waals surface area contributed by atoms with E-state index in [-0.39, 0.29) is 6.42 Å². The van der Waals surface area contributed by atoms with E-state index in [9.17, 15) is 8.78 Å². The highest BCUT2D eigenvalue weighted by molar-refractivity contribution is 7.71. The third-order valence-electron chi connectivity index (χ3n) is 2.60. The van der Waals surface area contributed by atoms with E-state index in [4.69, 9.17) is 12.2 Å². The molecule has 0 amide bonds. The highest BCUT2D eigenvalue weighted by Crippen LogP contribution is 2.13. The normalized spacial score (nSPS) is 10.6. The van der Waals surface area contributed by atoms with Gasteiger partial charge in [0.1, 0.15) is 22.1 Å². The number of aromatic amines is 1. The van der Waals surface area contributed by atoms with E-state index in [0.29, 0.717) is 16.0 Å². The van der Waals surface area contributed by atoms with Gasteiger partial charge in [-0.25, -0.2) is 13.8 Å². The highest BCUT2D eigenvalue weighted by atomic mass is 32.1. The largest absolute Gasteiger partial charge is 0.347 e. The second kappa shape index (κ2) is 5.35. The average molecular weight is 266 g/mol. The van der Waals surface area contributed by atoms with Crippen LogP contribution in [0.2, 0.25) is 0 Å². The van der Waals surface area contributed by atoms with Crippen molar-refractivity contribution < 1.29 is 8.78 Å². The summed E-state index contributed by atoms with van der Waals surface area (Å²) < 4.78 is 26.8. The molecule has 0 saturated heterocycles. The summed E-state index contributed by atoms with van der Waals surface area (Å²) in [5.74, 6) is -0.567. The van der Waals surface area contributed by atoms with Gasteiger partial charge in [0.15, 0.2) is 0 Å². The van der Waals surface area contributed by atoms with Gasteiger partial charge in [0.25, 0.3) is 0 Å². The van der Waals surface area contributed by atoms with Crippen LogP contribution >= 0.6 is 12.2 Å². The van der Waals surface area contributed by atoms with Crippen LogP contribution < -0.4 is 0 Å². The van der Waals surface area contributed by atoms with E-state index in [1.165, 1.54) is 12.1 Å². The first-order chi connectivity index (χ1) is 8.58. The number of benzene rings is 1. The van der Waals surface area contributed by atoms with E-state index in [0.717, 1.165) is 18.2 Å². The highest BCUT2D eigenvalue weighted by Gasteiger charge is 2.06. The van der Waals surface area contributed by atoms with Crippen LogP contribution in [-0.2, 0) is 12.8 Å². The molecule has 5 heteroatoms. The quantitative estimate of drug-likeness (QED) is 0.860. The van der Waals surface area contributed by atoms with Crippen molar-refractivity contribution in [2.75, 3.05) is 0 Å². The van der Waals surface area contributed by atoms with Crippen LogP contribution in [0, 0.1) is 16.3 Å². The summed E-state index contributed by atoms with van der Waals surface area (Å²) in [6.45, 7) is 1.99. The van der Waals surface area contributed by atoms with Gasteiger partial charge in [-0.15, -0.1) is 0 Å². The van der Waals surface area contributed by atoms with Crippen LogP contribution in [-0.4, -0.2) is 9.97 Å². The molecule has 1 aromatic heterocycles. The Hall–Kier alpha value is -1.62. The lowest BCUT2D eigenvalue weighted by Gasteiger charge is -2.05. The van der Waals surface area contributed by atoms with Crippen LogP contribution in [0.4, 0.5) is 8.78 Å². The van der Waals surface area contributed by atoms with Gasteiger partial charge in [-0.05, 0) is 24.1 Å². The van der Waals surface area contributed by atoms with Gasteiger partial charge in [-0.3, -0.25) is 0 Å². The molecule has 1 N–H and O–H groups in total. The SMILES string of the molecule is CCc1cc(=S)nc(Cc2ccc(F)cc2F)[nH]1. The molecule has 0 aliphatic carbocycles. The molecule has 0 aliphatic heterocycles. The standard InChI is InChI=1S/C13H12F2N2S/c1-2-10-7-13(18)17-12(16-10)5-8-3-4-9(14)6-11(8)15/h3-4,6-7H,2,5H2,1H3,(H,16,17,18). The lowest BCUT2D eigenvalue weighted by molar-refractivity contribution is 0.573. The summed E-state index contributed by atoms with van der Waals surface area (Å²) in [5, 5.41) is 0. The molecule has 0 spiro atoms. The first kappa shape index (κ1) is 12.8. The number of hydrogen-bond donors (Lipinski definition) is 1. The molecule has 1 aromatic carbocycles. The number of H-pyrrole nitrogens is 1. The molecule has 1 heterocycles. The summed E-state index contributed by atoms with van der Waals surface area (Å²) in [6.07, 6.45) is 1.06. The molecule has 2 rings (SSSR count). The van der Waals surface area contributed by atoms with Gasteiger partial charge >= 0.3 is 0 Å². The van der Waals surface area contributed by atoms with Crippen molar-refractivity contribution in [2.45, 2.75) is 19.8 Å². The molecular weight excluding hydrogens is 254 g/mol. The molecule has 18 heavy (non-hydrogen) atoms. The molecule has 0 bridgehead atoms. The van der Waals surface area contributed by atoms with Crippen LogP contribution in [0.5, 0.6) is 0 Å². The minimum atomic E-state index is -0.584. The van der Waals surface area contributed by atoms with Gasteiger partial charge in [0.05, 0.1) is 0 Å². The number of nitrogens with zero attached hydrogens (tertiary/aromatic N) is 1. The molecule has 2 nitrogen and oxygen atoms in total. The number of halogens is 2. The first-order valence-electron chi connectivity index (χ1n) is 5.61. The number of rotatable bonds is 3. The summed E-state index contributed by atoms with van der Waals surface area (Å²) in [7, 11) is 0. The fourth-order valence-corrected chi connectivity index (χ4v) is 1.94. The lowest BCUT2D eigenvalue weighted by atomic mass is 10.1. The fraction of sp³-hybridized carbons (Fsp3) is 0.231. The molecule has 0 saturated carbocycles. The van der Waals surface area contributed by atoms with E-state index in [2.05, 4.69) is 9.97 Å². The van der Waals surface area contributed by atoms with Crippen molar-refractivity contribution in [3.8, 4) is 0 Å². The first-order valence-corrected chi connectivity index (χ1v) is 6.02. The second-order valence-corrected chi connectivity index (χ2v) is 4.38. The summed E-state index contributed by atoms with van der Waals surface area (Å²) in [5.41, 5.74) is 1.34. The van der Waals surface area contributed by atoms with Crippen molar-refractivity contribution >= 4 is 12.2 Å². The van der Waals surface area contributed by atoms with Crippen molar-refractivity contribution in [3.05, 3.63) is 57.6 Å². The number of aryl methyl sites for hydroxylation is 1. The van der Waals surface area contributed by atoms with Gasteiger partial charge in [0, 0.05) is 18.2 Å². The number of hydrogen-bond acceptors (Lipinski definition) is 2. The van der Waals surface area contributed by atoms with Crippen LogP contribution in [0.1, 0.15) is 24.0 Å². The van der Waals surface area contributed by atoms with Crippen molar-refractivity contribution in [2.24, 2.45) is 0 Å². The van der Waals surface area contributed by atoms with Crippen molar-refractivity contribution in [1.82, 2.24) is 9.97 Å². The van der Waals surface area contributed by atoms with Crippen molar-refractivity contribution in [3.63, 3.8) is 0 Å². The molecule has 0 unspecified atom stereocenters. The lowest BCUT2D eigenvalue weighted by Crippen LogP contribution is -2.02. The maximum Gasteiger partial charge on any atom is 0.130 e. The third-order valence-corrected chi connectivity index (χ3v) is 2.81. The minimum Gasteiger partial charge on any atom is -0.347 e. The molecule has 0 aliphatic rings. The van der Waals surface area contributed by atoms with Gasteiger partial charge < -0.3 is 4.98 Å². The number of aromatic nitrogens is 2. The maximum atomic E-state index is 13.5. The monoisotopic (exact) mass is 266 g/mol. The zero-order valence-electron chi connectivity index (χ0n) is 9.84. The summed E-state index contributed by atoms with van der Waals surface area (Å²) >= 11 is 5.04. The Labute approximate surface area is 109 Å². The Kier molecular flexibility index (Phi) is 3.81. The second-order valence-electron chi connectivity index (χ2n) is 3.96. The predicted octanol–water partition coefficient (Wildman–Crippen LogP) is 3.57. The van der Waals surface area contributed by atoms with Crippen molar-refractivity contribution in [1.29, 1.82) is 0 Å². The van der Waals surface area contributed by atoms with Crippen LogP contribution in [0.25, 0.3) is 0 Å². The third kappa shape index (κ3) is 2.98. The number of nitrogens with one attached hydrogen (secondary N) is 1. The molecule has 2 aromatic rings. The molecule has 0 fully saturated rings. The van der Waals surface area contributed by atoms with Crippen LogP contribution in [0.15, 0.2) is 24.3 Å². The zero-order valence-corrected chi connectivity index (χ0v) is 10.7. The fourth-order valence-electron chi connectivity index (χ4n) is 1.68. The van der Waals surface area contributed by atoms with Crippen LogP contribution in [0.3, 0.4) is 0 Å². The maximum absolute atomic E-state index is 13.5. The van der Waals surface area contributed by atoms with Gasteiger partial charge in [-0.1, -0.05) is 25.2 Å². The molecule has 0 atom stereocenters. The predicted molar refractivity (Wildman–Crippen MR) is 68.0 cm³/mol. The Morgan fingerprint density at radius 3 is 2.72 bits per heavy atom. The summed E-state index contributed by atoms with van der Waals surface area (Å²) in [6, 6.07) is 5.30. The van der Waals surface area contributed by atoms with E-state index >= 15 is 0 Å². The average Bonchev–Trinajstić information content (AvgIpc) is 2.32. The minimum absolute atomic E-state index is 0.267. The molecule has 0 radical (unpaired) electrons. The van der Waals surface area contributed by atoms with E-state index in [1.54, 1.807) is 6.07 Å². The van der Waals surface area contributed by atoms with E-state index in [1.807, 2.05) is 6.92 Å². The zero-order chi connectivity index (χ0) is 13.1. The Morgan fingerprint density at radius 2 is 2.06 bits per heavy atom. The smallest absolute Gasteiger partial charge is 0.130 e. The Morgan fingerprint density at radius 1 is 1.28 bits per heavy atom.